The van der Waals surface area contributed by atoms with Gasteiger partial charge < -0.3 is 10.6 Å². The lowest BCUT2D eigenvalue weighted by atomic mass is 10.1. The van der Waals surface area contributed by atoms with E-state index in [4.69, 9.17) is 5.73 Å². The van der Waals surface area contributed by atoms with Crippen molar-refractivity contribution in [2.45, 2.75) is 67.3 Å². The predicted molar refractivity (Wildman–Crippen MR) is 113 cm³/mol. The maximum absolute atomic E-state index is 13.4. The molecule has 1 aromatic heterocycles. The van der Waals surface area contributed by atoms with Crippen LogP contribution in [0.1, 0.15) is 60.8 Å². The molecule has 1 fully saturated rings. The molecule has 1 aliphatic carbocycles. The Hall–Kier alpha value is -2.31. The molecular formula is C21H34N4O3. The molecule has 0 aliphatic heterocycles. The fourth-order valence-corrected chi connectivity index (χ4v) is 3.92. The molecular weight excluding hydrogens is 356 g/mol. The van der Waals surface area contributed by atoms with Crippen molar-refractivity contribution < 1.29 is 4.79 Å². The van der Waals surface area contributed by atoms with Gasteiger partial charge in [0, 0.05) is 13.1 Å². The average molecular weight is 391 g/mol. The highest BCUT2D eigenvalue weighted by atomic mass is 16.2. The summed E-state index contributed by atoms with van der Waals surface area (Å²) in [6, 6.07) is 0. The third kappa shape index (κ3) is 4.08. The second-order valence-electron chi connectivity index (χ2n) is 8.56. The van der Waals surface area contributed by atoms with Crippen molar-refractivity contribution in [2.75, 3.05) is 17.2 Å². The van der Waals surface area contributed by atoms with Crippen molar-refractivity contribution in [1.29, 1.82) is 0 Å². The molecule has 7 nitrogen and oxygen atoms in total. The van der Waals surface area contributed by atoms with Gasteiger partial charge in [0.15, 0.2) is 5.69 Å². The first-order valence-corrected chi connectivity index (χ1v) is 10.2. The van der Waals surface area contributed by atoms with Gasteiger partial charge in [-0.3, -0.25) is 19.1 Å². The molecule has 1 saturated carbocycles. The first-order valence-electron chi connectivity index (χ1n) is 10.2. The van der Waals surface area contributed by atoms with Gasteiger partial charge in [-0.05, 0) is 38.0 Å². The van der Waals surface area contributed by atoms with Crippen LogP contribution in [-0.2, 0) is 11.3 Å². The molecule has 1 aliphatic rings. The molecule has 0 saturated heterocycles. The molecule has 28 heavy (non-hydrogen) atoms. The van der Waals surface area contributed by atoms with Gasteiger partial charge in [0.1, 0.15) is 5.82 Å². The highest BCUT2D eigenvalue weighted by molar-refractivity contribution is 5.99. The molecule has 0 radical (unpaired) electrons. The molecule has 156 valence electrons. The third-order valence-electron chi connectivity index (χ3n) is 5.62. The number of anilines is 2. The van der Waals surface area contributed by atoms with Gasteiger partial charge in [0.05, 0.1) is 5.92 Å². The zero-order valence-corrected chi connectivity index (χ0v) is 18.0. The van der Waals surface area contributed by atoms with E-state index in [1.54, 1.807) is 0 Å². The van der Waals surface area contributed by atoms with Crippen LogP contribution < -0.4 is 21.9 Å². The predicted octanol–water partition coefficient (Wildman–Crippen LogP) is 2.90. The third-order valence-corrected chi connectivity index (χ3v) is 5.62. The summed E-state index contributed by atoms with van der Waals surface area (Å²) in [5.41, 5.74) is 6.20. The van der Waals surface area contributed by atoms with Crippen molar-refractivity contribution >= 4 is 17.4 Å². The minimum Gasteiger partial charge on any atom is -0.383 e. The zero-order valence-electron chi connectivity index (χ0n) is 18.0. The van der Waals surface area contributed by atoms with E-state index in [1.807, 2.05) is 27.7 Å². The quantitative estimate of drug-likeness (QED) is 0.666. The minimum atomic E-state index is -0.603. The number of H-pyrrole nitrogens is 1. The minimum absolute atomic E-state index is 0.0706. The summed E-state index contributed by atoms with van der Waals surface area (Å²) in [6.07, 6.45) is 4.45. The first-order chi connectivity index (χ1) is 13.1. The number of hydrogen-bond acceptors (Lipinski definition) is 4. The number of aromatic amines is 1. The molecule has 2 rings (SSSR count). The van der Waals surface area contributed by atoms with Crippen molar-refractivity contribution in [1.82, 2.24) is 9.55 Å². The van der Waals surface area contributed by atoms with Gasteiger partial charge in [0.2, 0.25) is 5.91 Å². The summed E-state index contributed by atoms with van der Waals surface area (Å²) in [5.74, 6) is -0.104. The molecule has 3 N–H and O–H groups in total. The summed E-state index contributed by atoms with van der Waals surface area (Å²) in [5, 5.41) is 0. The Morgan fingerprint density at radius 3 is 2.43 bits per heavy atom. The number of nitrogens with one attached hydrogen (secondary N) is 1. The monoisotopic (exact) mass is 390 g/mol. The van der Waals surface area contributed by atoms with Crippen LogP contribution >= 0.6 is 0 Å². The van der Waals surface area contributed by atoms with E-state index in [0.29, 0.717) is 19.5 Å². The van der Waals surface area contributed by atoms with E-state index in [1.165, 1.54) is 15.0 Å². The number of amides is 1. The topological polar surface area (TPSA) is 101 Å². The number of rotatable bonds is 8. The largest absolute Gasteiger partial charge is 0.383 e. The number of nitrogens with zero attached hydrogens (tertiary/aromatic N) is 2. The Morgan fingerprint density at radius 1 is 1.25 bits per heavy atom. The summed E-state index contributed by atoms with van der Waals surface area (Å²) in [4.78, 5) is 42.1. The number of aromatic nitrogens is 2. The average Bonchev–Trinajstić information content (AvgIpc) is 3.12. The van der Waals surface area contributed by atoms with E-state index < -0.39 is 11.2 Å². The number of nitrogens with two attached hydrogens (primary N) is 1. The molecule has 1 heterocycles. The molecule has 0 bridgehead atoms. The van der Waals surface area contributed by atoms with Crippen LogP contribution in [0.3, 0.4) is 0 Å². The van der Waals surface area contributed by atoms with Crippen LogP contribution in [0.15, 0.2) is 21.2 Å². The van der Waals surface area contributed by atoms with Crippen molar-refractivity contribution in [3.63, 3.8) is 0 Å². The lowest BCUT2D eigenvalue weighted by molar-refractivity contribution is -0.120. The standard InChI is InChI=1S/C21H34N4O3/c1-7-9-11-25-17(22)16(18(26)23-20(25)28)24(10-8-2)19(27)15-14(12-13(3)4)21(15,5)6/h12,14-15H,7-11,22H2,1-6H3,(H,23,26,28). The molecule has 0 aromatic carbocycles. The van der Waals surface area contributed by atoms with Crippen LogP contribution in [0.2, 0.25) is 0 Å². The molecule has 2 unspecified atom stereocenters. The zero-order chi connectivity index (χ0) is 21.2. The lowest BCUT2D eigenvalue weighted by Gasteiger charge is -2.25. The van der Waals surface area contributed by atoms with Crippen LogP contribution in [0, 0.1) is 17.3 Å². The normalized spacial score (nSPS) is 19.9. The molecule has 2 atom stereocenters. The summed E-state index contributed by atoms with van der Waals surface area (Å²) >= 11 is 0. The Labute approximate surface area is 166 Å². The Kier molecular flexibility index (Phi) is 6.57. The SMILES string of the molecule is CCCCn1c(N)c(N(CCC)C(=O)C2C(C=C(C)C)C2(C)C)c(=O)[nH]c1=O. The molecule has 1 aromatic rings. The van der Waals surface area contributed by atoms with Gasteiger partial charge >= 0.3 is 5.69 Å². The van der Waals surface area contributed by atoms with Crippen LogP contribution in [0.5, 0.6) is 0 Å². The molecule has 1 amide bonds. The van der Waals surface area contributed by atoms with Crippen molar-refractivity contribution in [2.24, 2.45) is 17.3 Å². The van der Waals surface area contributed by atoms with Crippen LogP contribution in [0.4, 0.5) is 11.5 Å². The van der Waals surface area contributed by atoms with Gasteiger partial charge in [-0.1, -0.05) is 45.8 Å². The van der Waals surface area contributed by atoms with Crippen molar-refractivity contribution in [3.05, 3.63) is 32.5 Å². The van der Waals surface area contributed by atoms with Crippen LogP contribution in [-0.4, -0.2) is 22.0 Å². The number of hydrogen-bond donors (Lipinski definition) is 2. The van der Waals surface area contributed by atoms with Gasteiger partial charge in [-0.2, -0.15) is 0 Å². The number of carbonyl (C=O) groups is 1. The summed E-state index contributed by atoms with van der Waals surface area (Å²) in [7, 11) is 0. The fourth-order valence-electron chi connectivity index (χ4n) is 3.92. The van der Waals surface area contributed by atoms with Gasteiger partial charge in [-0.15, -0.1) is 0 Å². The second-order valence-corrected chi connectivity index (χ2v) is 8.56. The summed E-state index contributed by atoms with van der Waals surface area (Å²) < 4.78 is 1.36. The van der Waals surface area contributed by atoms with Gasteiger partial charge in [0.25, 0.3) is 5.56 Å². The van der Waals surface area contributed by atoms with E-state index in [0.717, 1.165) is 12.8 Å². The smallest absolute Gasteiger partial charge is 0.330 e. The van der Waals surface area contributed by atoms with E-state index in [-0.39, 0.29) is 34.7 Å². The second kappa shape index (κ2) is 8.37. The highest BCUT2D eigenvalue weighted by Crippen LogP contribution is 2.60. The Balaban J connectivity index is 2.50. The van der Waals surface area contributed by atoms with E-state index >= 15 is 0 Å². The number of unbranched alkanes of at least 4 members (excludes halogenated alkanes) is 1. The number of nitrogen functional groups attached to an aromatic ring is 1. The highest BCUT2D eigenvalue weighted by Gasteiger charge is 2.61. The maximum atomic E-state index is 13.4. The fraction of sp³-hybridized carbons (Fsp3) is 0.667. The Morgan fingerprint density at radius 2 is 1.89 bits per heavy atom. The van der Waals surface area contributed by atoms with Crippen molar-refractivity contribution in [3.8, 4) is 0 Å². The molecule has 7 heteroatoms. The first kappa shape index (κ1) is 22.0. The number of allylic oxidation sites excluding steroid dienone is 2. The van der Waals surface area contributed by atoms with E-state index in [2.05, 4.69) is 24.9 Å². The lowest BCUT2D eigenvalue weighted by Crippen LogP contribution is -2.42. The summed E-state index contributed by atoms with van der Waals surface area (Å²) in [6.45, 7) is 12.9. The Bertz CT molecular complexity index is 875. The van der Waals surface area contributed by atoms with Gasteiger partial charge in [-0.25, -0.2) is 4.79 Å². The van der Waals surface area contributed by atoms with E-state index in [9.17, 15) is 14.4 Å². The molecule has 0 spiro atoms. The maximum Gasteiger partial charge on any atom is 0.330 e. The number of carbonyl (C=O) groups excluding carboxylic acids is 1. The van der Waals surface area contributed by atoms with Crippen LogP contribution in [0.25, 0.3) is 0 Å².